The van der Waals surface area contributed by atoms with Gasteiger partial charge in [-0.2, -0.15) is 0 Å². The van der Waals surface area contributed by atoms with Gasteiger partial charge < -0.3 is 0 Å². The zero-order valence-electron chi connectivity index (χ0n) is 12.2. The van der Waals surface area contributed by atoms with Crippen LogP contribution in [0.5, 0.6) is 0 Å². The number of hydrogen-bond donors (Lipinski definition) is 0. The first-order chi connectivity index (χ1) is 8.85. The van der Waals surface area contributed by atoms with Gasteiger partial charge in [0, 0.05) is 24.2 Å². The Balaban J connectivity index is 1.75. The Labute approximate surface area is 121 Å². The van der Waals surface area contributed by atoms with E-state index in [1.165, 1.54) is 31.4 Å². The topological polar surface area (TPSA) is 3.24 Å². The van der Waals surface area contributed by atoms with Crippen LogP contribution in [-0.4, -0.2) is 17.5 Å². The van der Waals surface area contributed by atoms with E-state index < -0.39 is 0 Å². The van der Waals surface area contributed by atoms with Crippen LogP contribution in [0.25, 0.3) is 0 Å². The van der Waals surface area contributed by atoms with Gasteiger partial charge in [0.05, 0.1) is 0 Å². The average molecular weight is 278 g/mol. The van der Waals surface area contributed by atoms with Crippen molar-refractivity contribution in [2.24, 2.45) is 10.8 Å². The van der Waals surface area contributed by atoms with Crippen molar-refractivity contribution in [3.05, 3.63) is 34.9 Å². The Morgan fingerprint density at radius 2 is 1.84 bits per heavy atom. The summed E-state index contributed by atoms with van der Waals surface area (Å²) in [5, 5.41) is 0.831. The van der Waals surface area contributed by atoms with Crippen molar-refractivity contribution in [1.82, 2.24) is 4.90 Å². The van der Waals surface area contributed by atoms with E-state index in [1.54, 1.807) is 0 Å². The molecular formula is C17H24ClN. The fraction of sp³-hybridized carbons (Fsp3) is 0.647. The summed E-state index contributed by atoms with van der Waals surface area (Å²) < 4.78 is 0. The smallest absolute Gasteiger partial charge is 0.0406 e. The summed E-state index contributed by atoms with van der Waals surface area (Å²) in [6, 6.07) is 9.11. The lowest BCUT2D eigenvalue weighted by molar-refractivity contribution is 0.126. The summed E-state index contributed by atoms with van der Waals surface area (Å²) in [4.78, 5) is 2.69. The summed E-state index contributed by atoms with van der Waals surface area (Å²) in [5.41, 5.74) is 2.42. The van der Waals surface area contributed by atoms with Crippen LogP contribution in [0.3, 0.4) is 0 Å². The summed E-state index contributed by atoms with van der Waals surface area (Å²) in [7, 11) is 0. The van der Waals surface area contributed by atoms with Crippen LogP contribution in [0.4, 0.5) is 0 Å². The number of benzene rings is 1. The molecule has 0 amide bonds. The third-order valence-electron chi connectivity index (χ3n) is 4.82. The lowest BCUT2D eigenvalue weighted by Crippen LogP contribution is -2.34. The molecule has 0 radical (unpaired) electrons. The highest BCUT2D eigenvalue weighted by molar-refractivity contribution is 6.30. The first-order valence-corrected chi connectivity index (χ1v) is 7.72. The highest BCUT2D eigenvalue weighted by Crippen LogP contribution is 2.52. The number of halogens is 1. The number of hydrogen-bond acceptors (Lipinski definition) is 1. The van der Waals surface area contributed by atoms with Gasteiger partial charge in [0.25, 0.3) is 0 Å². The molecule has 2 atom stereocenters. The zero-order valence-corrected chi connectivity index (χ0v) is 13.0. The van der Waals surface area contributed by atoms with Crippen molar-refractivity contribution < 1.29 is 0 Å². The van der Waals surface area contributed by atoms with Crippen LogP contribution < -0.4 is 0 Å². The molecule has 1 nitrogen and oxygen atoms in total. The molecule has 1 aromatic rings. The predicted molar refractivity (Wildman–Crippen MR) is 81.4 cm³/mol. The number of fused-ring (bicyclic) bond motifs is 2. The molecule has 104 valence electrons. The SMILES string of the molecule is CC1(C)C[C@H]2C[C@](C)(CN2Cc2ccc(Cl)cc2)C1. The molecule has 1 aromatic carbocycles. The van der Waals surface area contributed by atoms with Gasteiger partial charge in [-0.15, -0.1) is 0 Å². The monoisotopic (exact) mass is 277 g/mol. The van der Waals surface area contributed by atoms with Crippen LogP contribution in [0.1, 0.15) is 45.6 Å². The second-order valence-corrected chi connectivity index (χ2v) is 8.18. The quantitative estimate of drug-likeness (QED) is 0.755. The molecule has 2 aliphatic rings. The Bertz CT molecular complexity index is 465. The number of rotatable bonds is 2. The van der Waals surface area contributed by atoms with E-state index >= 15 is 0 Å². The van der Waals surface area contributed by atoms with E-state index in [9.17, 15) is 0 Å². The van der Waals surface area contributed by atoms with Crippen molar-refractivity contribution in [2.75, 3.05) is 6.54 Å². The molecule has 2 bridgehead atoms. The molecule has 0 spiro atoms. The lowest BCUT2D eigenvalue weighted by atomic mass is 9.65. The molecule has 0 aromatic heterocycles. The Morgan fingerprint density at radius 3 is 2.53 bits per heavy atom. The van der Waals surface area contributed by atoms with Gasteiger partial charge >= 0.3 is 0 Å². The maximum absolute atomic E-state index is 5.96. The second kappa shape index (κ2) is 4.49. The highest BCUT2D eigenvalue weighted by atomic mass is 35.5. The molecule has 2 heteroatoms. The van der Waals surface area contributed by atoms with Gasteiger partial charge in [-0.3, -0.25) is 4.90 Å². The van der Waals surface area contributed by atoms with Gasteiger partial charge in [0.2, 0.25) is 0 Å². The van der Waals surface area contributed by atoms with Gasteiger partial charge in [-0.25, -0.2) is 0 Å². The molecule has 19 heavy (non-hydrogen) atoms. The number of nitrogens with zero attached hydrogens (tertiary/aromatic N) is 1. The summed E-state index contributed by atoms with van der Waals surface area (Å²) in [6.45, 7) is 9.67. The Hall–Kier alpha value is -0.530. The molecule has 1 aliphatic carbocycles. The van der Waals surface area contributed by atoms with Crippen LogP contribution in [0.15, 0.2) is 24.3 Å². The molecule has 1 saturated carbocycles. The van der Waals surface area contributed by atoms with Crippen LogP contribution >= 0.6 is 11.6 Å². The summed E-state index contributed by atoms with van der Waals surface area (Å²) in [6.07, 6.45) is 4.09. The summed E-state index contributed by atoms with van der Waals surface area (Å²) in [5.74, 6) is 0. The Morgan fingerprint density at radius 1 is 1.16 bits per heavy atom. The predicted octanol–water partition coefficient (Wildman–Crippen LogP) is 4.74. The zero-order chi connectivity index (χ0) is 13.7. The fourth-order valence-electron chi connectivity index (χ4n) is 4.59. The fourth-order valence-corrected chi connectivity index (χ4v) is 4.71. The normalized spacial score (nSPS) is 33.6. The van der Waals surface area contributed by atoms with Crippen molar-refractivity contribution in [3.8, 4) is 0 Å². The molecule has 0 unspecified atom stereocenters. The first kappa shape index (κ1) is 13.5. The second-order valence-electron chi connectivity index (χ2n) is 7.75. The minimum Gasteiger partial charge on any atom is -0.296 e. The van der Waals surface area contributed by atoms with E-state index in [4.69, 9.17) is 11.6 Å². The van der Waals surface area contributed by atoms with E-state index in [0.717, 1.165) is 17.6 Å². The molecular weight excluding hydrogens is 254 g/mol. The lowest BCUT2D eigenvalue weighted by Gasteiger charge is -2.40. The largest absolute Gasteiger partial charge is 0.296 e. The van der Waals surface area contributed by atoms with E-state index in [-0.39, 0.29) is 0 Å². The first-order valence-electron chi connectivity index (χ1n) is 7.34. The molecule has 1 saturated heterocycles. The molecule has 0 N–H and O–H groups in total. The number of likely N-dealkylation sites (tertiary alicyclic amines) is 1. The van der Waals surface area contributed by atoms with E-state index in [2.05, 4.69) is 37.8 Å². The van der Waals surface area contributed by atoms with E-state index in [0.29, 0.717) is 10.8 Å². The maximum atomic E-state index is 5.96. The molecule has 2 fully saturated rings. The van der Waals surface area contributed by atoms with Crippen molar-refractivity contribution >= 4 is 11.6 Å². The van der Waals surface area contributed by atoms with Gasteiger partial charge in [0.15, 0.2) is 0 Å². The minimum atomic E-state index is 0.506. The van der Waals surface area contributed by atoms with Crippen LogP contribution in [-0.2, 0) is 6.54 Å². The molecule has 3 rings (SSSR count). The van der Waals surface area contributed by atoms with Crippen LogP contribution in [0, 0.1) is 10.8 Å². The van der Waals surface area contributed by atoms with Crippen molar-refractivity contribution in [1.29, 1.82) is 0 Å². The van der Waals surface area contributed by atoms with Crippen molar-refractivity contribution in [2.45, 2.75) is 52.6 Å². The maximum Gasteiger partial charge on any atom is 0.0406 e. The van der Waals surface area contributed by atoms with Gasteiger partial charge in [0.1, 0.15) is 0 Å². The van der Waals surface area contributed by atoms with E-state index in [1.807, 2.05) is 12.1 Å². The molecule has 1 heterocycles. The van der Waals surface area contributed by atoms with Crippen LogP contribution in [0.2, 0.25) is 5.02 Å². The van der Waals surface area contributed by atoms with Crippen molar-refractivity contribution in [3.63, 3.8) is 0 Å². The standard InChI is InChI=1S/C17H24ClN/c1-16(2)8-15-9-17(3,11-16)12-19(15)10-13-4-6-14(18)7-5-13/h4-7,15H,8-12H2,1-3H3/t15-,17-/m0/s1. The summed E-state index contributed by atoms with van der Waals surface area (Å²) >= 11 is 5.96. The highest BCUT2D eigenvalue weighted by Gasteiger charge is 2.49. The minimum absolute atomic E-state index is 0.506. The molecule has 1 aliphatic heterocycles. The third-order valence-corrected chi connectivity index (χ3v) is 5.07. The van der Waals surface area contributed by atoms with Gasteiger partial charge in [-0.1, -0.05) is 44.5 Å². The third kappa shape index (κ3) is 2.83. The Kier molecular flexibility index (Phi) is 3.18. The van der Waals surface area contributed by atoms with Gasteiger partial charge in [-0.05, 0) is 47.8 Å². The average Bonchev–Trinajstić information content (AvgIpc) is 2.51.